The van der Waals surface area contributed by atoms with Crippen LogP contribution in [0.5, 0.6) is 0 Å². The lowest BCUT2D eigenvalue weighted by atomic mass is 10.2. The van der Waals surface area contributed by atoms with Crippen molar-refractivity contribution in [3.63, 3.8) is 0 Å². The van der Waals surface area contributed by atoms with Crippen molar-refractivity contribution in [2.45, 2.75) is 14.4 Å². The summed E-state index contributed by atoms with van der Waals surface area (Å²) in [4.78, 5) is 29.4. The second kappa shape index (κ2) is 12.3. The number of carbonyl (C=O) groups excluding carboxylic acids is 2. The number of halogens is 2. The average Bonchev–Trinajstić information content (AvgIpc) is 3.52. The molecule has 0 radical (unpaired) electrons. The molecule has 2 N–H and O–H groups in total. The number of carbonyl (C=O) groups is 2. The van der Waals surface area contributed by atoms with E-state index in [-0.39, 0.29) is 17.2 Å². The molecule has 2 amide bonds. The zero-order valence-electron chi connectivity index (χ0n) is 19.3. The van der Waals surface area contributed by atoms with Gasteiger partial charge in [0.1, 0.15) is 5.82 Å². The van der Waals surface area contributed by atoms with Crippen LogP contribution in [0.4, 0.5) is 15.2 Å². The SMILES string of the molecule is O=C(CSc1nc2ccc(NC(=O)c3ccccc3F)cc2s1)Nc1nnc(SCc2cccc(Br)c2)s1. The van der Waals surface area contributed by atoms with Crippen LogP contribution in [0.25, 0.3) is 10.2 Å². The summed E-state index contributed by atoms with van der Waals surface area (Å²) in [5.74, 6) is -0.387. The maximum atomic E-state index is 13.9. The number of nitrogens with one attached hydrogen (secondary N) is 2. The largest absolute Gasteiger partial charge is 0.322 e. The Morgan fingerprint density at radius 2 is 1.79 bits per heavy atom. The third-order valence-electron chi connectivity index (χ3n) is 4.98. The van der Waals surface area contributed by atoms with Crippen LogP contribution in [0.15, 0.2) is 79.9 Å². The fourth-order valence-corrected chi connectivity index (χ4v) is 7.33. The Morgan fingerprint density at radius 3 is 2.63 bits per heavy atom. The zero-order valence-corrected chi connectivity index (χ0v) is 24.2. The van der Waals surface area contributed by atoms with Crippen molar-refractivity contribution in [1.29, 1.82) is 0 Å². The molecule has 0 spiro atoms. The number of thiazole rings is 1. The topological polar surface area (TPSA) is 96.9 Å². The predicted molar refractivity (Wildman–Crippen MR) is 157 cm³/mol. The van der Waals surface area contributed by atoms with Crippen molar-refractivity contribution in [2.75, 3.05) is 16.4 Å². The first-order valence-corrected chi connectivity index (χ1v) is 15.4. The Labute approximate surface area is 241 Å². The van der Waals surface area contributed by atoms with Crippen LogP contribution in [-0.4, -0.2) is 32.7 Å². The molecule has 5 aromatic rings. The van der Waals surface area contributed by atoms with Crippen molar-refractivity contribution in [3.05, 3.63) is 88.1 Å². The molecule has 2 heterocycles. The highest BCUT2D eigenvalue weighted by molar-refractivity contribution is 9.10. The molecular weight excluding hydrogens is 629 g/mol. The van der Waals surface area contributed by atoms with E-state index in [9.17, 15) is 14.0 Å². The number of rotatable bonds is 9. The molecular formula is C25H17BrFN5O2S4. The van der Waals surface area contributed by atoms with Gasteiger partial charge in [0.2, 0.25) is 11.0 Å². The Bertz CT molecular complexity index is 1630. The van der Waals surface area contributed by atoms with E-state index in [4.69, 9.17) is 0 Å². The lowest BCUT2D eigenvalue weighted by Crippen LogP contribution is -2.13. The number of nitrogens with zero attached hydrogens (tertiary/aromatic N) is 3. The van der Waals surface area contributed by atoms with Crippen molar-refractivity contribution >= 4 is 95.0 Å². The van der Waals surface area contributed by atoms with Crippen molar-refractivity contribution in [2.24, 2.45) is 0 Å². The molecule has 2 aromatic heterocycles. The summed E-state index contributed by atoms with van der Waals surface area (Å²) in [5, 5.41) is 14.2. The first kappa shape index (κ1) is 26.8. The maximum absolute atomic E-state index is 13.9. The molecule has 5 rings (SSSR count). The van der Waals surface area contributed by atoms with E-state index in [2.05, 4.69) is 47.8 Å². The van der Waals surface area contributed by atoms with Crippen LogP contribution in [-0.2, 0) is 10.5 Å². The Kier molecular flexibility index (Phi) is 8.69. The van der Waals surface area contributed by atoms with Crippen LogP contribution in [0.1, 0.15) is 15.9 Å². The second-order valence-electron chi connectivity index (χ2n) is 7.72. The summed E-state index contributed by atoms with van der Waals surface area (Å²) in [7, 11) is 0. The highest BCUT2D eigenvalue weighted by atomic mass is 79.9. The molecule has 0 fully saturated rings. The minimum atomic E-state index is -0.579. The molecule has 0 unspecified atom stereocenters. The number of amides is 2. The van der Waals surface area contributed by atoms with Gasteiger partial charge in [0.25, 0.3) is 5.91 Å². The molecule has 0 bridgehead atoms. The molecule has 0 atom stereocenters. The predicted octanol–water partition coefficient (Wildman–Crippen LogP) is 7.32. The van der Waals surface area contributed by atoms with Gasteiger partial charge in [-0.05, 0) is 48.0 Å². The summed E-state index contributed by atoms with van der Waals surface area (Å²) in [5.41, 5.74) is 2.42. The van der Waals surface area contributed by atoms with Crippen LogP contribution < -0.4 is 10.6 Å². The Balaban J connectivity index is 1.13. The molecule has 0 aliphatic carbocycles. The van der Waals surface area contributed by atoms with E-state index in [0.717, 1.165) is 34.7 Å². The summed E-state index contributed by atoms with van der Waals surface area (Å²) >= 11 is 9.09. The van der Waals surface area contributed by atoms with Crippen LogP contribution >= 0.6 is 62.1 Å². The van der Waals surface area contributed by atoms with Gasteiger partial charge in [-0.15, -0.1) is 21.5 Å². The normalized spacial score (nSPS) is 11.0. The molecule has 192 valence electrons. The van der Waals surface area contributed by atoms with E-state index in [1.54, 1.807) is 36.0 Å². The first-order valence-electron chi connectivity index (χ1n) is 11.0. The third kappa shape index (κ3) is 6.97. The molecule has 0 aliphatic rings. The van der Waals surface area contributed by atoms with E-state index in [1.807, 2.05) is 18.2 Å². The third-order valence-corrected chi connectivity index (χ3v) is 9.67. The fraction of sp³-hybridized carbons (Fsp3) is 0.0800. The zero-order chi connectivity index (χ0) is 26.5. The van der Waals surface area contributed by atoms with Gasteiger partial charge in [0, 0.05) is 15.9 Å². The molecule has 7 nitrogen and oxygen atoms in total. The summed E-state index contributed by atoms with van der Waals surface area (Å²) in [6, 6.07) is 19.2. The quantitative estimate of drug-likeness (QED) is 0.128. The van der Waals surface area contributed by atoms with E-state index < -0.39 is 11.7 Å². The molecule has 0 saturated heterocycles. The average molecular weight is 647 g/mol. The van der Waals surface area contributed by atoms with E-state index in [1.165, 1.54) is 52.6 Å². The van der Waals surface area contributed by atoms with Crippen molar-refractivity contribution < 1.29 is 14.0 Å². The minimum absolute atomic E-state index is 0.0234. The van der Waals surface area contributed by atoms with Gasteiger partial charge in [-0.2, -0.15) is 0 Å². The molecule has 38 heavy (non-hydrogen) atoms. The van der Waals surface area contributed by atoms with Crippen molar-refractivity contribution in [3.8, 4) is 0 Å². The van der Waals surface area contributed by atoms with Gasteiger partial charge < -0.3 is 5.32 Å². The van der Waals surface area contributed by atoms with Gasteiger partial charge in [0.05, 0.1) is 21.5 Å². The lowest BCUT2D eigenvalue weighted by Gasteiger charge is -2.05. The number of fused-ring (bicyclic) bond motifs is 1. The lowest BCUT2D eigenvalue weighted by molar-refractivity contribution is -0.113. The van der Waals surface area contributed by atoms with Gasteiger partial charge in [-0.25, -0.2) is 9.37 Å². The summed E-state index contributed by atoms with van der Waals surface area (Å²) in [6.07, 6.45) is 0. The van der Waals surface area contributed by atoms with Crippen molar-refractivity contribution in [1.82, 2.24) is 15.2 Å². The number of anilines is 2. The fourth-order valence-electron chi connectivity index (χ4n) is 3.26. The number of hydrogen-bond acceptors (Lipinski definition) is 9. The van der Waals surface area contributed by atoms with Gasteiger partial charge in [-0.3, -0.25) is 14.9 Å². The highest BCUT2D eigenvalue weighted by Crippen LogP contribution is 2.32. The number of hydrogen-bond donors (Lipinski definition) is 2. The molecule has 13 heteroatoms. The Morgan fingerprint density at radius 1 is 0.921 bits per heavy atom. The number of thioether (sulfide) groups is 2. The maximum Gasteiger partial charge on any atom is 0.258 e. The van der Waals surface area contributed by atoms with Crippen LogP contribution in [0.2, 0.25) is 0 Å². The second-order valence-corrected chi connectivity index (χ2v) is 13.1. The van der Waals surface area contributed by atoms with Crippen LogP contribution in [0.3, 0.4) is 0 Å². The standard InChI is InChI=1S/C25H17BrFN5O2S4/c26-15-5-3-4-14(10-15)12-35-25-32-31-23(38-25)30-21(33)13-36-24-29-19-9-8-16(11-20(19)37-24)28-22(34)17-6-1-2-7-18(17)27/h1-11H,12-13H2,(H,28,34)(H,30,31,33). The monoisotopic (exact) mass is 645 g/mol. The van der Waals surface area contributed by atoms with Gasteiger partial charge >= 0.3 is 0 Å². The Hall–Kier alpha value is -2.84. The number of aromatic nitrogens is 3. The summed E-state index contributed by atoms with van der Waals surface area (Å²) < 4.78 is 17.2. The molecule has 3 aromatic carbocycles. The minimum Gasteiger partial charge on any atom is -0.322 e. The smallest absolute Gasteiger partial charge is 0.258 e. The van der Waals surface area contributed by atoms with E-state index in [0.29, 0.717) is 10.8 Å². The summed E-state index contributed by atoms with van der Waals surface area (Å²) in [6.45, 7) is 0. The van der Waals surface area contributed by atoms with Crippen LogP contribution in [0, 0.1) is 5.82 Å². The van der Waals surface area contributed by atoms with E-state index >= 15 is 0 Å². The van der Waals surface area contributed by atoms with Gasteiger partial charge in [-0.1, -0.05) is 75.1 Å². The number of benzene rings is 3. The van der Waals surface area contributed by atoms with Gasteiger partial charge in [0.15, 0.2) is 8.68 Å². The highest BCUT2D eigenvalue weighted by Gasteiger charge is 2.14. The first-order chi connectivity index (χ1) is 18.4. The molecule has 0 saturated carbocycles. The molecule has 0 aliphatic heterocycles.